The van der Waals surface area contributed by atoms with E-state index >= 15 is 0 Å². The van der Waals surface area contributed by atoms with E-state index in [4.69, 9.17) is 0 Å². The predicted octanol–water partition coefficient (Wildman–Crippen LogP) is 22.6. The number of fused-ring (bicyclic) bond motifs is 16. The number of amides is 7. The van der Waals surface area contributed by atoms with Crippen molar-refractivity contribution in [3.63, 3.8) is 0 Å². The molecule has 1 N–H and O–H groups in total. The quantitative estimate of drug-likeness (QED) is 0.0725. The van der Waals surface area contributed by atoms with Gasteiger partial charge in [0.25, 0.3) is 5.91 Å². The monoisotopic (exact) mass is 1950 g/mol. The van der Waals surface area contributed by atoms with Gasteiger partial charge in [0.2, 0.25) is 0 Å². The number of Topliss-reactive ketones (excluding diaryl/α,β-unsaturated/α-hetero) is 2. The summed E-state index contributed by atoms with van der Waals surface area (Å²) in [6, 6.07) is 47.6. The van der Waals surface area contributed by atoms with E-state index in [0.29, 0.717) is 80.4 Å². The van der Waals surface area contributed by atoms with Gasteiger partial charge >= 0.3 is 23.9 Å². The van der Waals surface area contributed by atoms with Crippen molar-refractivity contribution in [1.29, 1.82) is 0 Å². The number of hydrogen-bond acceptors (Lipinski definition) is 16. The van der Waals surface area contributed by atoms with Crippen LogP contribution in [-0.4, -0.2) is 252 Å². The number of aliphatic hydroxyl groups excluding tert-OH is 1. The van der Waals surface area contributed by atoms with Crippen LogP contribution in [-0.2, 0) is 24.0 Å². The molecule has 8 aliphatic carbocycles. The van der Waals surface area contributed by atoms with Crippen molar-refractivity contribution >= 4 is 69.8 Å². The second-order valence-electron chi connectivity index (χ2n) is 49.3. The molecule has 28 atom stereocenters. The largest absolute Gasteiger partial charge is 0.511 e. The third kappa shape index (κ3) is 22.0. The van der Waals surface area contributed by atoms with Crippen LogP contribution in [0.1, 0.15) is 335 Å². The second-order valence-corrected chi connectivity index (χ2v) is 49.3. The zero-order valence-electron chi connectivity index (χ0n) is 87.1. The number of anilines is 4. The van der Waals surface area contributed by atoms with E-state index in [0.717, 1.165) is 184 Å². The molecule has 0 spiro atoms. The Morgan fingerprint density at radius 2 is 0.601 bits per heavy atom. The molecule has 774 valence electrons. The van der Waals surface area contributed by atoms with E-state index in [9.17, 15) is 38.7 Å². The first-order valence-corrected chi connectivity index (χ1v) is 58.2. The first-order valence-electron chi connectivity index (χ1n) is 58.2. The molecule has 143 heavy (non-hydrogen) atoms. The number of rotatable bonds is 18. The average Bonchev–Trinajstić information content (AvgIpc) is 1.57. The van der Waals surface area contributed by atoms with Crippen LogP contribution in [0.2, 0.25) is 0 Å². The van der Waals surface area contributed by atoms with Gasteiger partial charge in [-0.3, -0.25) is 58.3 Å². The van der Waals surface area contributed by atoms with Crippen LogP contribution in [0.4, 0.5) is 32.3 Å². The number of para-hydroxylation sites is 4. The number of likely N-dealkylation sites (N-methyl/N-ethyl adjacent to an activating group) is 1. The first-order chi connectivity index (χ1) is 69.7. The second kappa shape index (κ2) is 45.5. The van der Waals surface area contributed by atoms with E-state index < -0.39 is 23.9 Å². The van der Waals surface area contributed by atoms with Crippen LogP contribution in [0.3, 0.4) is 0 Å². The minimum absolute atomic E-state index is 0.0203. The zero-order valence-corrected chi connectivity index (χ0v) is 87.1. The van der Waals surface area contributed by atoms with Crippen LogP contribution in [0.25, 0.3) is 0 Å². The number of nitrogens with zero attached hydrogens (tertiary/aromatic N) is 15. The highest BCUT2D eigenvalue weighted by atomic mass is 16.3. The predicted molar refractivity (Wildman–Crippen MR) is 567 cm³/mol. The Balaban J connectivity index is 0.000000113. The highest BCUT2D eigenvalue weighted by molar-refractivity contribution is 6.41. The van der Waals surface area contributed by atoms with E-state index in [2.05, 4.69) is 98.8 Å². The van der Waals surface area contributed by atoms with Crippen molar-refractivity contribution in [2.45, 2.75) is 456 Å². The molecular weight excluding hydrogens is 1780 g/mol. The molecule has 8 saturated carbocycles. The third-order valence-corrected chi connectivity index (χ3v) is 40.1. The lowest BCUT2D eigenvalue weighted by atomic mass is 9.68. The Labute approximate surface area is 854 Å². The number of hydrogen-bond donors (Lipinski definition) is 1. The van der Waals surface area contributed by atoms with E-state index in [1.807, 2.05) is 108 Å². The molecule has 4 aromatic carbocycles. The van der Waals surface area contributed by atoms with Gasteiger partial charge in [0.05, 0.1) is 23.8 Å². The van der Waals surface area contributed by atoms with Crippen molar-refractivity contribution in [3.05, 3.63) is 134 Å². The van der Waals surface area contributed by atoms with Crippen LogP contribution < -0.4 is 19.6 Å². The Bertz CT molecular complexity index is 4980. The molecule has 23 nitrogen and oxygen atoms in total. The van der Waals surface area contributed by atoms with Crippen molar-refractivity contribution < 1.29 is 38.7 Å². The summed E-state index contributed by atoms with van der Waals surface area (Å²) in [5.41, 5.74) is 4.74. The molecule has 0 aromatic heterocycles. The van der Waals surface area contributed by atoms with Gasteiger partial charge in [0.15, 0.2) is 11.6 Å². The first kappa shape index (κ1) is 101. The van der Waals surface area contributed by atoms with Crippen molar-refractivity contribution in [2.24, 2.45) is 62.8 Å². The van der Waals surface area contributed by atoms with Crippen molar-refractivity contribution in [3.8, 4) is 0 Å². The molecular formula is C120H171N15O8. The summed E-state index contributed by atoms with van der Waals surface area (Å²) >= 11 is 0. The highest BCUT2D eigenvalue weighted by Crippen LogP contribution is 2.54. The highest BCUT2D eigenvalue weighted by Gasteiger charge is 2.55. The molecule has 16 bridgehead atoms. The summed E-state index contributed by atoms with van der Waals surface area (Å²) in [5, 5.41) is 22.5. The van der Waals surface area contributed by atoms with E-state index in [1.165, 1.54) is 243 Å². The number of piperidine rings is 8. The summed E-state index contributed by atoms with van der Waals surface area (Å²) in [7, 11) is 3.68. The van der Waals surface area contributed by atoms with Gasteiger partial charge in [-0.05, 0) is 347 Å². The lowest BCUT2D eigenvalue weighted by Gasteiger charge is -2.56. The smallest absolute Gasteiger partial charge is 0.325 e. The fourth-order valence-corrected chi connectivity index (χ4v) is 34.7. The maximum absolute atomic E-state index is 14.4. The molecule has 19 fully saturated rings. The SMILES string of the molecule is C=C(O)C(C(=O)N(c1ccccc1)C1C[C@H]2CCC[C@@H](C1)N2C1C[C@H]2CCC[C@@H](C1)C2)N(C)C.CC(=O)[C@@H]1CCCN1C(=O)C(=O)N(c1ccccc1)C1C[C@H]2CCC[C@@H](C1)N2C1C[C@H]2CCC[C@@H](C1)C2.CC(=O)[C@H]1CCCN1C(=O)N(c1ccccc1)C1C[C@H]2CCC[C@@H](C1)N2C1C[C@H]2CCC[C@@H](C1)C2.O=C(N(c1ccccc1)C1C[C@H]2CCC[C@@H](C1)N2C1C[C@H]2CCC[C@@H](C1)C2)N1CCC[C@H]1C1=NN=NC1. The maximum Gasteiger partial charge on any atom is 0.325 e. The van der Waals surface area contributed by atoms with E-state index in [1.54, 1.807) is 11.8 Å². The summed E-state index contributed by atoms with van der Waals surface area (Å²) < 4.78 is 0. The molecule has 23 heteroatoms. The van der Waals surface area contributed by atoms with E-state index in [-0.39, 0.29) is 71.5 Å². The number of aliphatic hydroxyl groups is 1. The van der Waals surface area contributed by atoms with Gasteiger partial charge in [0, 0.05) is 139 Å². The van der Waals surface area contributed by atoms with Gasteiger partial charge < -0.3 is 29.6 Å². The lowest BCUT2D eigenvalue weighted by Crippen LogP contribution is -2.63. The molecule has 12 aliphatic heterocycles. The minimum Gasteiger partial charge on any atom is -0.511 e. The van der Waals surface area contributed by atoms with Crippen molar-refractivity contribution in [2.75, 3.05) is 59.9 Å². The van der Waals surface area contributed by atoms with Gasteiger partial charge in [-0.1, -0.05) is 182 Å². The average molecular weight is 1950 g/mol. The van der Waals surface area contributed by atoms with Gasteiger partial charge in [-0.25, -0.2) is 9.59 Å². The molecule has 11 saturated heterocycles. The molecule has 20 aliphatic rings. The summed E-state index contributed by atoms with van der Waals surface area (Å²) in [6.45, 7) is 9.43. The van der Waals surface area contributed by atoms with Crippen molar-refractivity contribution in [1.82, 2.24) is 39.2 Å². The topological polar surface area (TPSA) is 216 Å². The van der Waals surface area contributed by atoms with Gasteiger partial charge in [0.1, 0.15) is 18.3 Å². The van der Waals surface area contributed by atoms with Gasteiger partial charge in [-0.15, -0.1) is 5.10 Å². The molecule has 4 aromatic rings. The number of carbonyl (C=O) groups excluding carboxylic acids is 7. The maximum atomic E-state index is 14.4. The number of benzene rings is 4. The summed E-state index contributed by atoms with van der Waals surface area (Å²) in [6.07, 6.45) is 63.0. The lowest BCUT2D eigenvalue weighted by molar-refractivity contribution is -0.147. The summed E-state index contributed by atoms with van der Waals surface area (Å²) in [5.74, 6) is 6.51. The standard InChI is InChI=1S/C31H43N3O3.C30H42N6O.C30H43N3O2.C29H43N3O2/c1-21(35)29-14-7-15-32(29)30(36)31(37)34(24-10-3-2-4-11-24)28-19-25-12-6-13-26(20-28)33(25)27-17-22-8-5-9-23(16-22)18-27;37-30(34-14-6-13-29(34)28-20-31-33-32-28)36(23-9-2-1-3-10-23)27-18-24-11-5-12-25(19-27)35(24)26-16-21-7-4-8-22(15-21)17-26;1-21(34)29-14-7-15-31(29)30(35)33(24-10-3-2-4-11-24)28-19-25-12-6-13-26(20-28)32(25)27-17-22-8-5-9-23(16-22)18-27;1-20(33)28(30(2)3)29(34)32(23-11-5-4-6-12-23)27-18-24-13-8-14-25(19-27)31(24)26-16-21-9-7-10-22(15-21)17-26/h2-4,10-11,22-23,25-29H,5-9,12-20H2,1H3;1-3,9-10,21-22,24-27,29H,4-8,11-20H2;2-4,10-11,22-23,25-29H,5-9,12-20H2,1H3;4-6,11-12,21-22,24-28,33H,1,7-10,13-19H2,2-3H3/t22-,23+,25-,26+,27?,28?,29-;21-,22+,24-,25+,26?,27?,29-;22-,23+,25-,26+,27?,28?,29-;21-,22+,24-,25+,26?,27?,28?/m001./s1. The molecule has 9 unspecified atom stereocenters. The number of urea groups is 2. The summed E-state index contributed by atoms with van der Waals surface area (Å²) in [4.78, 5) is 122. The zero-order chi connectivity index (χ0) is 98.0. The Hall–Kier alpha value is -8.22. The Morgan fingerprint density at radius 1 is 0.322 bits per heavy atom. The fourth-order valence-electron chi connectivity index (χ4n) is 34.7. The normalized spacial score (nSPS) is 36.2. The van der Waals surface area contributed by atoms with Crippen LogP contribution >= 0.6 is 0 Å². The third-order valence-electron chi connectivity index (χ3n) is 40.1. The van der Waals surface area contributed by atoms with Crippen LogP contribution in [0.5, 0.6) is 0 Å². The Kier molecular flexibility index (Phi) is 32.0. The van der Waals surface area contributed by atoms with Crippen LogP contribution in [0, 0.1) is 47.3 Å². The molecule has 0 radical (unpaired) electrons. The number of carbonyl (C=O) groups is 7. The molecule has 24 rings (SSSR count). The fraction of sp³-hybridized carbons (Fsp3) is 0.717. The Morgan fingerprint density at radius 3 is 0.916 bits per heavy atom. The minimum atomic E-state index is -0.726. The number of likely N-dealkylation sites (tertiary alicyclic amines) is 3. The molecule has 12 heterocycles. The number of ketones is 2. The van der Waals surface area contributed by atoms with Gasteiger partial charge in [-0.2, -0.15) is 5.11 Å². The van der Waals surface area contributed by atoms with Crippen LogP contribution in [0.15, 0.2) is 149 Å². The molecule has 7 amide bonds.